The molecule has 2 N–H and O–H groups in total. The minimum Gasteiger partial charge on any atom is -0.480 e. The topological polar surface area (TPSA) is 75.6 Å². The number of rotatable bonds is 5. The fourth-order valence-corrected chi connectivity index (χ4v) is 5.57. The molecule has 4 fully saturated rings. The standard InChI is InChI=1S/C20H25NO4/c22-18(23)17(9-13-4-2-1-3-5-13)21-19(24)25-20-10-14-6-15(11-20)8-16(7-14)12-20/h1-5,14-17H,6-12H2,(H,21,24)(H,22,23)/t14?,15?,16?,17-,20?/m0/s1. The second-order valence-corrected chi connectivity index (χ2v) is 8.21. The molecular formula is C20H25NO4. The van der Waals surface area contributed by atoms with Crippen molar-refractivity contribution in [2.45, 2.75) is 56.6 Å². The molecule has 0 aromatic heterocycles. The van der Waals surface area contributed by atoms with Gasteiger partial charge in [-0.15, -0.1) is 0 Å². The summed E-state index contributed by atoms with van der Waals surface area (Å²) in [6, 6.07) is 8.37. The van der Waals surface area contributed by atoms with Crippen LogP contribution in [-0.4, -0.2) is 28.8 Å². The summed E-state index contributed by atoms with van der Waals surface area (Å²) in [5, 5.41) is 12.0. The Morgan fingerprint density at radius 3 is 2.16 bits per heavy atom. The van der Waals surface area contributed by atoms with Crippen molar-refractivity contribution in [1.29, 1.82) is 0 Å². The molecule has 4 aliphatic carbocycles. The van der Waals surface area contributed by atoms with Crippen LogP contribution in [0.4, 0.5) is 4.79 Å². The number of hydrogen-bond donors (Lipinski definition) is 2. The van der Waals surface area contributed by atoms with Crippen LogP contribution in [-0.2, 0) is 16.0 Å². The van der Waals surface area contributed by atoms with Crippen molar-refractivity contribution in [2.24, 2.45) is 17.8 Å². The predicted molar refractivity (Wildman–Crippen MR) is 92.1 cm³/mol. The van der Waals surface area contributed by atoms with Gasteiger partial charge in [0.15, 0.2) is 0 Å². The number of carboxylic acids is 1. The molecule has 0 saturated heterocycles. The van der Waals surface area contributed by atoms with Crippen LogP contribution in [0.3, 0.4) is 0 Å². The SMILES string of the molecule is O=C(N[C@@H](Cc1ccccc1)C(=O)O)OC12CC3CC(CC(C3)C1)C2. The van der Waals surface area contributed by atoms with E-state index in [4.69, 9.17) is 4.74 Å². The average molecular weight is 343 g/mol. The minimum absolute atomic E-state index is 0.256. The molecule has 4 saturated carbocycles. The van der Waals surface area contributed by atoms with Crippen LogP contribution >= 0.6 is 0 Å². The third-order valence-electron chi connectivity index (χ3n) is 6.16. The zero-order valence-corrected chi connectivity index (χ0v) is 14.3. The lowest BCUT2D eigenvalue weighted by atomic mass is 9.54. The number of carbonyl (C=O) groups is 2. The van der Waals surface area contributed by atoms with Gasteiger partial charge in [0.1, 0.15) is 11.6 Å². The third kappa shape index (κ3) is 3.51. The fourth-order valence-electron chi connectivity index (χ4n) is 5.57. The van der Waals surface area contributed by atoms with Crippen LogP contribution in [0, 0.1) is 17.8 Å². The van der Waals surface area contributed by atoms with Gasteiger partial charge < -0.3 is 15.2 Å². The summed E-state index contributed by atoms with van der Waals surface area (Å²) >= 11 is 0. The van der Waals surface area contributed by atoms with E-state index in [2.05, 4.69) is 5.32 Å². The van der Waals surface area contributed by atoms with Gasteiger partial charge in [-0.05, 0) is 61.8 Å². The van der Waals surface area contributed by atoms with Crippen molar-refractivity contribution >= 4 is 12.1 Å². The first-order chi connectivity index (χ1) is 12.0. The van der Waals surface area contributed by atoms with Crippen LogP contribution in [0.5, 0.6) is 0 Å². The molecule has 0 unspecified atom stereocenters. The molecule has 5 nitrogen and oxygen atoms in total. The molecule has 25 heavy (non-hydrogen) atoms. The lowest BCUT2D eigenvalue weighted by Gasteiger charge is -2.55. The van der Waals surface area contributed by atoms with Gasteiger partial charge in [-0.1, -0.05) is 30.3 Å². The molecule has 0 aliphatic heterocycles. The molecule has 1 amide bonds. The second kappa shape index (κ2) is 6.36. The zero-order chi connectivity index (χ0) is 17.4. The van der Waals surface area contributed by atoms with Crippen molar-refractivity contribution < 1.29 is 19.4 Å². The molecule has 0 heterocycles. The number of alkyl carbamates (subject to hydrolysis) is 1. The summed E-state index contributed by atoms with van der Waals surface area (Å²) in [4.78, 5) is 24.0. The Kier molecular flexibility index (Phi) is 4.18. The van der Waals surface area contributed by atoms with Gasteiger partial charge >= 0.3 is 12.1 Å². The number of amides is 1. The number of aliphatic carboxylic acids is 1. The predicted octanol–water partition coefficient (Wildman–Crippen LogP) is 3.38. The molecule has 134 valence electrons. The smallest absolute Gasteiger partial charge is 0.408 e. The molecule has 0 radical (unpaired) electrons. The maximum atomic E-state index is 12.4. The van der Waals surface area contributed by atoms with Crippen LogP contribution < -0.4 is 5.32 Å². The molecule has 5 rings (SSSR count). The highest BCUT2D eigenvalue weighted by atomic mass is 16.6. The highest BCUT2D eigenvalue weighted by molar-refractivity contribution is 5.80. The Labute approximate surface area is 147 Å². The normalized spacial score (nSPS) is 33.7. The Bertz CT molecular complexity index is 622. The highest BCUT2D eigenvalue weighted by Gasteiger charge is 2.53. The molecule has 1 aromatic rings. The lowest BCUT2D eigenvalue weighted by molar-refractivity contribution is -0.141. The Morgan fingerprint density at radius 2 is 1.64 bits per heavy atom. The van der Waals surface area contributed by atoms with Crippen molar-refractivity contribution in [2.75, 3.05) is 0 Å². The first-order valence-corrected chi connectivity index (χ1v) is 9.27. The Hall–Kier alpha value is -2.04. The zero-order valence-electron chi connectivity index (χ0n) is 14.3. The summed E-state index contributed by atoms with van der Waals surface area (Å²) in [6.45, 7) is 0. The monoisotopic (exact) mass is 343 g/mol. The molecule has 5 heteroatoms. The minimum atomic E-state index is -1.04. The molecule has 1 atom stereocenters. The van der Waals surface area contributed by atoms with Gasteiger partial charge in [0.05, 0.1) is 0 Å². The maximum Gasteiger partial charge on any atom is 0.408 e. The quantitative estimate of drug-likeness (QED) is 0.859. The van der Waals surface area contributed by atoms with Gasteiger partial charge in [0.25, 0.3) is 0 Å². The van der Waals surface area contributed by atoms with Gasteiger partial charge in [0.2, 0.25) is 0 Å². The summed E-state index contributed by atoms with van der Waals surface area (Å²) in [6.07, 6.45) is 6.34. The number of carbonyl (C=O) groups excluding carboxylic acids is 1. The van der Waals surface area contributed by atoms with Crippen LogP contribution in [0.2, 0.25) is 0 Å². The third-order valence-corrected chi connectivity index (χ3v) is 6.16. The fraction of sp³-hybridized carbons (Fsp3) is 0.600. The van der Waals surface area contributed by atoms with E-state index in [1.165, 1.54) is 19.3 Å². The number of benzene rings is 1. The first kappa shape index (κ1) is 16.4. The molecule has 1 aromatic carbocycles. The lowest BCUT2D eigenvalue weighted by Crippen LogP contribution is -2.55. The van der Waals surface area contributed by atoms with Crippen molar-refractivity contribution in [3.05, 3.63) is 35.9 Å². The molecular weight excluding hydrogens is 318 g/mol. The van der Waals surface area contributed by atoms with E-state index in [-0.39, 0.29) is 12.0 Å². The van der Waals surface area contributed by atoms with E-state index in [0.717, 1.165) is 24.8 Å². The van der Waals surface area contributed by atoms with E-state index in [9.17, 15) is 14.7 Å². The van der Waals surface area contributed by atoms with Crippen LogP contribution in [0.15, 0.2) is 30.3 Å². The van der Waals surface area contributed by atoms with Gasteiger partial charge in [0, 0.05) is 6.42 Å². The van der Waals surface area contributed by atoms with E-state index < -0.39 is 18.1 Å². The van der Waals surface area contributed by atoms with E-state index in [1.54, 1.807) is 0 Å². The number of hydrogen-bond acceptors (Lipinski definition) is 3. The molecule has 0 spiro atoms. The van der Waals surface area contributed by atoms with Crippen LogP contribution in [0.25, 0.3) is 0 Å². The van der Waals surface area contributed by atoms with Gasteiger partial charge in [-0.3, -0.25) is 0 Å². The summed E-state index contributed by atoms with van der Waals surface area (Å²) in [7, 11) is 0. The summed E-state index contributed by atoms with van der Waals surface area (Å²) < 4.78 is 5.86. The second-order valence-electron chi connectivity index (χ2n) is 8.21. The van der Waals surface area contributed by atoms with E-state index in [0.29, 0.717) is 17.8 Å². The van der Waals surface area contributed by atoms with E-state index >= 15 is 0 Å². The molecule has 4 bridgehead atoms. The largest absolute Gasteiger partial charge is 0.480 e. The van der Waals surface area contributed by atoms with Gasteiger partial charge in [-0.2, -0.15) is 0 Å². The van der Waals surface area contributed by atoms with Crippen molar-refractivity contribution in [3.63, 3.8) is 0 Å². The van der Waals surface area contributed by atoms with E-state index in [1.807, 2.05) is 30.3 Å². The maximum absolute atomic E-state index is 12.4. The Morgan fingerprint density at radius 1 is 1.08 bits per heavy atom. The van der Waals surface area contributed by atoms with Crippen LogP contribution in [0.1, 0.15) is 44.1 Å². The Balaban J connectivity index is 1.39. The highest BCUT2D eigenvalue weighted by Crippen LogP contribution is 2.57. The van der Waals surface area contributed by atoms with Crippen molar-refractivity contribution in [1.82, 2.24) is 5.32 Å². The van der Waals surface area contributed by atoms with Gasteiger partial charge in [-0.25, -0.2) is 9.59 Å². The number of nitrogens with one attached hydrogen (secondary N) is 1. The first-order valence-electron chi connectivity index (χ1n) is 9.27. The average Bonchev–Trinajstić information content (AvgIpc) is 2.53. The number of ether oxygens (including phenoxy) is 1. The van der Waals surface area contributed by atoms with Crippen molar-refractivity contribution in [3.8, 4) is 0 Å². The summed E-state index contributed by atoms with van der Waals surface area (Å²) in [5.41, 5.74) is 0.527. The molecule has 4 aliphatic rings. The summed E-state index contributed by atoms with van der Waals surface area (Å²) in [5.74, 6) is 1.00. The number of carboxylic acid groups (broad SMARTS) is 1.